The Bertz CT molecular complexity index is 334. The van der Waals surface area contributed by atoms with Crippen LogP contribution in [0.2, 0.25) is 0 Å². The van der Waals surface area contributed by atoms with Crippen LogP contribution in [0.4, 0.5) is 0 Å². The van der Waals surface area contributed by atoms with Crippen molar-refractivity contribution in [3.8, 4) is 0 Å². The number of hydrogen-bond donors (Lipinski definition) is 3. The molecule has 6 nitrogen and oxygen atoms in total. The van der Waals surface area contributed by atoms with Gasteiger partial charge in [0, 0.05) is 24.7 Å². The summed E-state index contributed by atoms with van der Waals surface area (Å²) in [5.74, 6) is -1.23. The SMILES string of the molecule is N[C@@H](Cc1cnc[nH]1)C(=O)CCC(=O)O. The number of aromatic amines is 1. The first-order chi connectivity index (χ1) is 7.09. The van der Waals surface area contributed by atoms with E-state index in [0.29, 0.717) is 6.42 Å². The van der Waals surface area contributed by atoms with E-state index in [-0.39, 0.29) is 18.6 Å². The zero-order valence-corrected chi connectivity index (χ0v) is 8.14. The number of carbonyl (C=O) groups is 2. The minimum absolute atomic E-state index is 0.0232. The van der Waals surface area contributed by atoms with Gasteiger partial charge in [0.25, 0.3) is 0 Å². The Labute approximate surface area is 86.5 Å². The number of carbonyl (C=O) groups excluding carboxylic acids is 1. The average molecular weight is 211 g/mol. The molecule has 82 valence electrons. The number of Topliss-reactive ketones (excluding diaryl/α,β-unsaturated/α-hetero) is 1. The van der Waals surface area contributed by atoms with E-state index in [4.69, 9.17) is 10.8 Å². The van der Waals surface area contributed by atoms with Crippen LogP contribution >= 0.6 is 0 Å². The van der Waals surface area contributed by atoms with Gasteiger partial charge in [0.1, 0.15) is 0 Å². The normalized spacial score (nSPS) is 12.3. The summed E-state index contributed by atoms with van der Waals surface area (Å²) in [6.45, 7) is 0. The molecule has 4 N–H and O–H groups in total. The predicted molar refractivity (Wildman–Crippen MR) is 52.1 cm³/mol. The largest absolute Gasteiger partial charge is 0.481 e. The molecule has 6 heteroatoms. The predicted octanol–water partition coefficient (Wildman–Crippen LogP) is -0.287. The van der Waals surface area contributed by atoms with Gasteiger partial charge in [0.05, 0.1) is 18.8 Å². The fourth-order valence-electron chi connectivity index (χ4n) is 1.16. The monoisotopic (exact) mass is 211 g/mol. The quantitative estimate of drug-likeness (QED) is 0.599. The number of H-pyrrole nitrogens is 1. The second-order valence-corrected chi connectivity index (χ2v) is 3.25. The fourth-order valence-corrected chi connectivity index (χ4v) is 1.16. The van der Waals surface area contributed by atoms with Crippen LogP contribution in [-0.2, 0) is 16.0 Å². The van der Waals surface area contributed by atoms with E-state index in [1.165, 1.54) is 6.33 Å². The number of nitrogens with two attached hydrogens (primary N) is 1. The van der Waals surface area contributed by atoms with E-state index in [1.54, 1.807) is 6.20 Å². The van der Waals surface area contributed by atoms with E-state index in [0.717, 1.165) is 5.69 Å². The molecule has 1 atom stereocenters. The minimum atomic E-state index is -0.989. The van der Waals surface area contributed by atoms with Gasteiger partial charge >= 0.3 is 5.97 Å². The number of carboxylic acid groups (broad SMARTS) is 1. The number of ketones is 1. The van der Waals surface area contributed by atoms with E-state index >= 15 is 0 Å². The molecule has 0 unspecified atom stereocenters. The van der Waals surface area contributed by atoms with E-state index in [1.807, 2.05) is 0 Å². The second-order valence-electron chi connectivity index (χ2n) is 3.25. The number of aromatic nitrogens is 2. The Hall–Kier alpha value is -1.69. The average Bonchev–Trinajstić information content (AvgIpc) is 2.66. The van der Waals surface area contributed by atoms with E-state index < -0.39 is 12.0 Å². The van der Waals surface area contributed by atoms with Crippen LogP contribution in [0, 0.1) is 0 Å². The third-order valence-corrected chi connectivity index (χ3v) is 1.99. The molecule has 0 amide bonds. The van der Waals surface area contributed by atoms with Crippen molar-refractivity contribution in [2.24, 2.45) is 5.73 Å². The number of carboxylic acids is 1. The van der Waals surface area contributed by atoms with Gasteiger partial charge in [-0.1, -0.05) is 0 Å². The van der Waals surface area contributed by atoms with Crippen molar-refractivity contribution in [2.75, 3.05) is 0 Å². The maximum Gasteiger partial charge on any atom is 0.303 e. The highest BCUT2D eigenvalue weighted by Gasteiger charge is 2.15. The van der Waals surface area contributed by atoms with Crippen LogP contribution < -0.4 is 5.73 Å². The fraction of sp³-hybridized carbons (Fsp3) is 0.444. The van der Waals surface area contributed by atoms with Crippen molar-refractivity contribution in [2.45, 2.75) is 25.3 Å². The van der Waals surface area contributed by atoms with Crippen molar-refractivity contribution >= 4 is 11.8 Å². The molecule has 0 saturated heterocycles. The second kappa shape index (κ2) is 5.26. The summed E-state index contributed by atoms with van der Waals surface area (Å²) in [6.07, 6.45) is 3.26. The van der Waals surface area contributed by atoms with Gasteiger partial charge in [-0.2, -0.15) is 0 Å². The highest BCUT2D eigenvalue weighted by molar-refractivity contribution is 5.86. The number of nitrogens with zero attached hydrogens (tertiary/aromatic N) is 1. The maximum atomic E-state index is 11.4. The third kappa shape index (κ3) is 3.90. The Kier molecular flexibility index (Phi) is 3.99. The molecule has 0 spiro atoms. The smallest absolute Gasteiger partial charge is 0.303 e. The molecule has 0 aliphatic heterocycles. The van der Waals surface area contributed by atoms with Gasteiger partial charge in [-0.05, 0) is 0 Å². The van der Waals surface area contributed by atoms with Gasteiger partial charge in [-0.25, -0.2) is 4.98 Å². The van der Waals surface area contributed by atoms with Crippen molar-refractivity contribution in [1.82, 2.24) is 9.97 Å². The van der Waals surface area contributed by atoms with Gasteiger partial charge in [-0.3, -0.25) is 9.59 Å². The molecule has 0 aromatic carbocycles. The summed E-state index contributed by atoms with van der Waals surface area (Å²) in [5.41, 5.74) is 6.37. The standard InChI is InChI=1S/C9H13N3O3/c10-7(3-6-4-11-5-12-6)8(13)1-2-9(14)15/h4-5,7H,1-3,10H2,(H,11,12)(H,14,15)/t7-/m0/s1. The maximum absolute atomic E-state index is 11.4. The van der Waals surface area contributed by atoms with Gasteiger partial charge in [-0.15, -0.1) is 0 Å². The molecule has 0 radical (unpaired) electrons. The lowest BCUT2D eigenvalue weighted by molar-refractivity contribution is -0.138. The summed E-state index contributed by atoms with van der Waals surface area (Å²) >= 11 is 0. The van der Waals surface area contributed by atoms with Crippen LogP contribution in [0.1, 0.15) is 18.5 Å². The first-order valence-electron chi connectivity index (χ1n) is 4.57. The molecule has 0 aliphatic carbocycles. The molecule has 1 heterocycles. The number of hydrogen-bond acceptors (Lipinski definition) is 4. The molecule has 0 bridgehead atoms. The molecule has 0 aliphatic rings. The van der Waals surface area contributed by atoms with Crippen molar-refractivity contribution in [1.29, 1.82) is 0 Å². The molecule has 0 fully saturated rings. The number of imidazole rings is 1. The lowest BCUT2D eigenvalue weighted by Gasteiger charge is -2.07. The number of aliphatic carboxylic acids is 1. The highest BCUT2D eigenvalue weighted by atomic mass is 16.4. The number of rotatable bonds is 6. The van der Waals surface area contributed by atoms with Gasteiger partial charge < -0.3 is 15.8 Å². The molecular weight excluding hydrogens is 198 g/mol. The Morgan fingerprint density at radius 1 is 1.53 bits per heavy atom. The lowest BCUT2D eigenvalue weighted by atomic mass is 10.0. The van der Waals surface area contributed by atoms with Crippen LogP contribution in [0.3, 0.4) is 0 Å². The van der Waals surface area contributed by atoms with Crippen molar-refractivity contribution in [3.05, 3.63) is 18.2 Å². The topological polar surface area (TPSA) is 109 Å². The Morgan fingerprint density at radius 3 is 2.80 bits per heavy atom. The van der Waals surface area contributed by atoms with E-state index in [2.05, 4.69) is 9.97 Å². The summed E-state index contributed by atoms with van der Waals surface area (Å²) < 4.78 is 0. The summed E-state index contributed by atoms with van der Waals surface area (Å²) in [5, 5.41) is 8.39. The van der Waals surface area contributed by atoms with E-state index in [9.17, 15) is 9.59 Å². The molecule has 1 rings (SSSR count). The van der Waals surface area contributed by atoms with Gasteiger partial charge in [0.2, 0.25) is 0 Å². The zero-order valence-electron chi connectivity index (χ0n) is 8.14. The molecular formula is C9H13N3O3. The summed E-state index contributed by atoms with van der Waals surface area (Å²) in [4.78, 5) is 28.2. The molecule has 1 aromatic rings. The van der Waals surface area contributed by atoms with Crippen molar-refractivity contribution in [3.63, 3.8) is 0 Å². The number of nitrogens with one attached hydrogen (secondary N) is 1. The highest BCUT2D eigenvalue weighted by Crippen LogP contribution is 2.01. The Balaban J connectivity index is 2.36. The lowest BCUT2D eigenvalue weighted by Crippen LogP contribution is -2.33. The first-order valence-corrected chi connectivity index (χ1v) is 4.57. The summed E-state index contributed by atoms with van der Waals surface area (Å²) in [6, 6.07) is -0.662. The van der Waals surface area contributed by atoms with Crippen LogP contribution in [0.25, 0.3) is 0 Å². The molecule has 0 saturated carbocycles. The van der Waals surface area contributed by atoms with Gasteiger partial charge in [0.15, 0.2) is 5.78 Å². The first kappa shape index (κ1) is 11.4. The molecule has 1 aromatic heterocycles. The van der Waals surface area contributed by atoms with Crippen LogP contribution in [0.5, 0.6) is 0 Å². The summed E-state index contributed by atoms with van der Waals surface area (Å²) in [7, 11) is 0. The van der Waals surface area contributed by atoms with Crippen LogP contribution in [-0.4, -0.2) is 32.9 Å². The van der Waals surface area contributed by atoms with Crippen molar-refractivity contribution < 1.29 is 14.7 Å². The molecule has 15 heavy (non-hydrogen) atoms. The Morgan fingerprint density at radius 2 is 2.27 bits per heavy atom. The minimum Gasteiger partial charge on any atom is -0.481 e. The third-order valence-electron chi connectivity index (χ3n) is 1.99. The zero-order chi connectivity index (χ0) is 11.3. The van der Waals surface area contributed by atoms with Crippen LogP contribution in [0.15, 0.2) is 12.5 Å².